The maximum absolute atomic E-state index is 12.8. The Labute approximate surface area is 177 Å². The number of hydrogen-bond acceptors (Lipinski definition) is 5. The van der Waals surface area contributed by atoms with Crippen molar-refractivity contribution in [1.82, 2.24) is 4.90 Å². The summed E-state index contributed by atoms with van der Waals surface area (Å²) in [4.78, 5) is 38.9. The van der Waals surface area contributed by atoms with E-state index in [1.54, 1.807) is 56.4 Å². The van der Waals surface area contributed by atoms with E-state index in [2.05, 4.69) is 16.6 Å². The van der Waals surface area contributed by atoms with Gasteiger partial charge in [-0.1, -0.05) is 12.0 Å². The number of aryl methyl sites for hydroxylation is 1. The molecule has 152 valence electrons. The summed E-state index contributed by atoms with van der Waals surface area (Å²) in [5.74, 6) is 1.62. The Hall–Kier alpha value is -3.83. The number of carbonyl (C=O) groups is 3. The van der Waals surface area contributed by atoms with Gasteiger partial charge in [-0.3, -0.25) is 14.4 Å². The molecule has 0 atom stereocenters. The molecule has 2 aromatic heterocycles. The number of carbonyl (C=O) groups excluding carboxylic acids is 3. The molecule has 0 unspecified atom stereocenters. The van der Waals surface area contributed by atoms with E-state index in [9.17, 15) is 14.4 Å². The van der Waals surface area contributed by atoms with Gasteiger partial charge >= 0.3 is 0 Å². The van der Waals surface area contributed by atoms with E-state index in [0.717, 1.165) is 11.3 Å². The van der Waals surface area contributed by atoms with E-state index in [4.69, 9.17) is 10.8 Å². The third-order valence-electron chi connectivity index (χ3n) is 4.13. The van der Waals surface area contributed by atoms with Crippen molar-refractivity contribution in [2.75, 3.05) is 24.2 Å². The number of hydrogen-bond donors (Lipinski definition) is 2. The first kappa shape index (κ1) is 20.9. The number of rotatable bonds is 6. The normalized spacial score (nSPS) is 10.2. The van der Waals surface area contributed by atoms with Gasteiger partial charge in [0, 0.05) is 18.3 Å². The van der Waals surface area contributed by atoms with Gasteiger partial charge in [0.15, 0.2) is 5.76 Å². The van der Waals surface area contributed by atoms with Gasteiger partial charge in [0.1, 0.15) is 0 Å². The fourth-order valence-corrected chi connectivity index (χ4v) is 3.75. The number of likely N-dealkylation sites (N-methyl/N-ethyl adjacent to an activating group) is 1. The summed E-state index contributed by atoms with van der Waals surface area (Å²) in [5.41, 5.74) is 1.91. The summed E-state index contributed by atoms with van der Waals surface area (Å²) in [6, 6.07) is 11.8. The monoisotopic (exact) mass is 421 g/mol. The molecule has 3 rings (SSSR count). The molecule has 8 heteroatoms. The predicted molar refractivity (Wildman–Crippen MR) is 116 cm³/mol. The molecule has 0 saturated heterocycles. The summed E-state index contributed by atoms with van der Waals surface area (Å²) in [6.07, 6.45) is 6.77. The minimum Gasteiger partial charge on any atom is -0.459 e. The van der Waals surface area contributed by atoms with Crippen LogP contribution in [-0.2, 0) is 4.79 Å². The topological polar surface area (TPSA) is 91.7 Å². The first-order valence-corrected chi connectivity index (χ1v) is 9.76. The predicted octanol–water partition coefficient (Wildman–Crippen LogP) is 3.59. The van der Waals surface area contributed by atoms with Crippen LogP contribution in [0.25, 0.3) is 0 Å². The zero-order chi connectivity index (χ0) is 21.7. The van der Waals surface area contributed by atoms with Crippen LogP contribution in [0.3, 0.4) is 0 Å². The summed E-state index contributed by atoms with van der Waals surface area (Å²) >= 11 is 1.14. The first-order chi connectivity index (χ1) is 14.4. The van der Waals surface area contributed by atoms with Gasteiger partial charge in [0.05, 0.1) is 22.7 Å². The molecule has 0 aliphatic carbocycles. The van der Waals surface area contributed by atoms with Crippen molar-refractivity contribution in [3.8, 4) is 12.3 Å². The van der Waals surface area contributed by atoms with Crippen molar-refractivity contribution in [3.05, 3.63) is 70.5 Å². The number of benzene rings is 1. The van der Waals surface area contributed by atoms with Crippen LogP contribution in [-0.4, -0.2) is 36.2 Å². The highest BCUT2D eigenvalue weighted by molar-refractivity contribution is 7.18. The number of furan rings is 1. The van der Waals surface area contributed by atoms with E-state index >= 15 is 0 Å². The van der Waals surface area contributed by atoms with Crippen LogP contribution < -0.4 is 10.6 Å². The number of nitrogens with one attached hydrogen (secondary N) is 2. The Morgan fingerprint density at radius 2 is 1.97 bits per heavy atom. The summed E-state index contributed by atoms with van der Waals surface area (Å²) in [5, 5.41) is 5.94. The Balaban J connectivity index is 1.62. The number of thiophene rings is 1. The maximum Gasteiger partial charge on any atom is 0.291 e. The molecule has 1 aromatic carbocycles. The van der Waals surface area contributed by atoms with Crippen molar-refractivity contribution < 1.29 is 18.8 Å². The van der Waals surface area contributed by atoms with Gasteiger partial charge in [-0.2, -0.15) is 0 Å². The van der Waals surface area contributed by atoms with Crippen molar-refractivity contribution in [3.63, 3.8) is 0 Å². The number of anilines is 2. The molecule has 30 heavy (non-hydrogen) atoms. The molecule has 3 aromatic rings. The lowest BCUT2D eigenvalue weighted by atomic mass is 10.2. The van der Waals surface area contributed by atoms with Crippen LogP contribution in [0.1, 0.15) is 31.4 Å². The van der Waals surface area contributed by atoms with Crippen LogP contribution >= 0.6 is 11.3 Å². The maximum atomic E-state index is 12.8. The first-order valence-electron chi connectivity index (χ1n) is 8.94. The third-order valence-corrected chi connectivity index (χ3v) is 5.27. The molecule has 0 aliphatic rings. The number of nitrogens with zero attached hydrogens (tertiary/aromatic N) is 1. The summed E-state index contributed by atoms with van der Waals surface area (Å²) < 4.78 is 5.06. The van der Waals surface area contributed by atoms with Gasteiger partial charge in [0.25, 0.3) is 11.8 Å². The van der Waals surface area contributed by atoms with Crippen LogP contribution in [0.15, 0.2) is 53.1 Å². The van der Waals surface area contributed by atoms with Crippen molar-refractivity contribution in [1.29, 1.82) is 0 Å². The molecule has 0 bridgehead atoms. The second-order valence-electron chi connectivity index (χ2n) is 6.49. The fraction of sp³-hybridized carbons (Fsp3) is 0.136. The Bertz CT molecular complexity index is 1130. The van der Waals surface area contributed by atoms with E-state index in [1.165, 1.54) is 11.2 Å². The molecule has 0 fully saturated rings. The summed E-state index contributed by atoms with van der Waals surface area (Å²) in [6.45, 7) is 1.63. The van der Waals surface area contributed by atoms with Gasteiger partial charge < -0.3 is 20.0 Å². The van der Waals surface area contributed by atoms with Crippen LogP contribution in [0.4, 0.5) is 10.7 Å². The highest BCUT2D eigenvalue weighted by Gasteiger charge is 2.21. The van der Waals surface area contributed by atoms with Gasteiger partial charge in [-0.05, 0) is 48.9 Å². The SMILES string of the molecule is C#Cc1cccc(NC(=O)CN(C)C(=O)c2sc(NC(=O)c3ccco3)cc2C)c1. The lowest BCUT2D eigenvalue weighted by molar-refractivity contribution is -0.116. The summed E-state index contributed by atoms with van der Waals surface area (Å²) in [7, 11) is 1.54. The largest absolute Gasteiger partial charge is 0.459 e. The van der Waals surface area contributed by atoms with E-state index in [-0.39, 0.29) is 24.1 Å². The number of amides is 3. The molecule has 2 heterocycles. The minimum absolute atomic E-state index is 0.134. The van der Waals surface area contributed by atoms with Crippen molar-refractivity contribution >= 4 is 39.7 Å². The molecular formula is C22H19N3O4S. The third kappa shape index (κ3) is 4.96. The van der Waals surface area contributed by atoms with Gasteiger partial charge in [-0.15, -0.1) is 17.8 Å². The molecular weight excluding hydrogens is 402 g/mol. The molecule has 0 spiro atoms. The Morgan fingerprint density at radius 3 is 2.67 bits per heavy atom. The zero-order valence-corrected chi connectivity index (χ0v) is 17.2. The average Bonchev–Trinajstić information content (AvgIpc) is 3.37. The van der Waals surface area contributed by atoms with E-state index < -0.39 is 5.91 Å². The Kier molecular flexibility index (Phi) is 6.35. The molecule has 0 radical (unpaired) electrons. The average molecular weight is 421 g/mol. The van der Waals surface area contributed by atoms with Crippen molar-refractivity contribution in [2.45, 2.75) is 6.92 Å². The smallest absolute Gasteiger partial charge is 0.291 e. The second-order valence-corrected chi connectivity index (χ2v) is 7.54. The van der Waals surface area contributed by atoms with Gasteiger partial charge in [-0.25, -0.2) is 0 Å². The number of terminal acetylenes is 1. The second kappa shape index (κ2) is 9.11. The minimum atomic E-state index is -0.401. The van der Waals surface area contributed by atoms with Crippen LogP contribution in [0.5, 0.6) is 0 Å². The highest BCUT2D eigenvalue weighted by atomic mass is 32.1. The molecule has 0 saturated carbocycles. The lowest BCUT2D eigenvalue weighted by Crippen LogP contribution is -2.34. The standard InChI is InChI=1S/C22H19N3O4S/c1-4-15-7-5-8-16(12-15)23-18(26)13-25(3)22(28)20-14(2)11-19(30-20)24-21(27)17-9-6-10-29-17/h1,5-12H,13H2,2-3H3,(H,23,26)(H,24,27). The highest BCUT2D eigenvalue weighted by Crippen LogP contribution is 2.28. The molecule has 0 aliphatic heterocycles. The van der Waals surface area contributed by atoms with Gasteiger partial charge in [0.2, 0.25) is 5.91 Å². The molecule has 3 amide bonds. The van der Waals surface area contributed by atoms with Crippen molar-refractivity contribution in [2.24, 2.45) is 0 Å². The fourth-order valence-electron chi connectivity index (χ4n) is 2.69. The Morgan fingerprint density at radius 1 is 1.17 bits per heavy atom. The van der Waals surface area contributed by atoms with Crippen LogP contribution in [0, 0.1) is 19.3 Å². The molecule has 7 nitrogen and oxygen atoms in total. The molecule has 2 N–H and O–H groups in total. The van der Waals surface area contributed by atoms with E-state index in [1.807, 2.05) is 0 Å². The zero-order valence-electron chi connectivity index (χ0n) is 16.4. The lowest BCUT2D eigenvalue weighted by Gasteiger charge is -2.16. The van der Waals surface area contributed by atoms with Crippen LogP contribution in [0.2, 0.25) is 0 Å². The quantitative estimate of drug-likeness (QED) is 0.595. The van der Waals surface area contributed by atoms with E-state index in [0.29, 0.717) is 26.7 Å².